The molecule has 1 aromatic carbocycles. The smallest absolute Gasteiger partial charge is 0.409 e. The van der Waals surface area contributed by atoms with Gasteiger partial charge in [-0.3, -0.25) is 14.9 Å². The summed E-state index contributed by atoms with van der Waals surface area (Å²) in [4.78, 5) is 56.0. The first kappa shape index (κ1) is 40.5. The van der Waals surface area contributed by atoms with Crippen molar-refractivity contribution in [3.63, 3.8) is 0 Å². The number of hydrogen-bond acceptors (Lipinski definition) is 11. The second-order valence-electron chi connectivity index (χ2n) is 13.6. The maximum Gasteiger partial charge on any atom is 0.409 e. The van der Waals surface area contributed by atoms with Gasteiger partial charge in [-0.2, -0.15) is 11.8 Å². The van der Waals surface area contributed by atoms with Crippen molar-refractivity contribution < 1.29 is 48.0 Å². The lowest BCUT2D eigenvalue weighted by Crippen LogP contribution is -2.63. The topological polar surface area (TPSA) is 156 Å². The van der Waals surface area contributed by atoms with Crippen molar-refractivity contribution in [3.05, 3.63) is 46.5 Å². The van der Waals surface area contributed by atoms with Crippen LogP contribution in [-0.4, -0.2) is 116 Å². The fraction of sp³-hybridized carbons (Fsp3) is 0.611. The average molecular weight is 752 g/mol. The number of thioether (sulfide) groups is 1. The molecule has 15 heteroatoms. The summed E-state index contributed by atoms with van der Waals surface area (Å²) in [6.07, 6.45) is 3.16. The lowest BCUT2D eigenvalue weighted by Gasteiger charge is -2.42. The van der Waals surface area contributed by atoms with Gasteiger partial charge in [0.2, 0.25) is 11.8 Å². The van der Waals surface area contributed by atoms with Crippen molar-refractivity contribution in [3.8, 4) is 5.75 Å². The van der Waals surface area contributed by atoms with Crippen LogP contribution in [0.1, 0.15) is 52.5 Å². The molecule has 8 atom stereocenters. The number of epoxide rings is 1. The maximum atomic E-state index is 14.1. The van der Waals surface area contributed by atoms with E-state index >= 15 is 0 Å². The van der Waals surface area contributed by atoms with E-state index in [2.05, 4.69) is 5.32 Å². The molecule has 51 heavy (non-hydrogen) atoms. The predicted octanol–water partition coefficient (Wildman–Crippen LogP) is 4.27. The molecule has 2 saturated heterocycles. The summed E-state index contributed by atoms with van der Waals surface area (Å²) in [5.74, 6) is -0.896. The number of hydrogen-bond donors (Lipinski definition) is 2. The van der Waals surface area contributed by atoms with E-state index < -0.39 is 65.7 Å². The third-order valence-corrected chi connectivity index (χ3v) is 11.0. The van der Waals surface area contributed by atoms with Gasteiger partial charge in [0.1, 0.15) is 40.7 Å². The molecule has 0 aromatic heterocycles. The molecular formula is C36H50ClN3O10S. The minimum atomic E-state index is -1.82. The second-order valence-corrected chi connectivity index (χ2v) is 15.0. The van der Waals surface area contributed by atoms with Crippen LogP contribution in [0.25, 0.3) is 0 Å². The number of alkyl carbamates (subject to hydrolysis) is 1. The number of carbonyl (C=O) groups excluding carboxylic acids is 4. The molecule has 0 radical (unpaired) electrons. The summed E-state index contributed by atoms with van der Waals surface area (Å²) in [7, 11) is 6.04. The lowest BCUT2D eigenvalue weighted by atomic mass is 9.83. The Kier molecular flexibility index (Phi) is 13.2. The molecule has 4 bridgehead atoms. The van der Waals surface area contributed by atoms with Gasteiger partial charge < -0.3 is 38.6 Å². The molecular weight excluding hydrogens is 702 g/mol. The summed E-state index contributed by atoms with van der Waals surface area (Å²) in [5, 5.41) is 14.4. The summed E-state index contributed by atoms with van der Waals surface area (Å²) >= 11 is 8.27. The fourth-order valence-corrected chi connectivity index (χ4v) is 7.28. The van der Waals surface area contributed by atoms with E-state index in [9.17, 15) is 24.3 Å². The Balaban J connectivity index is 1.76. The summed E-state index contributed by atoms with van der Waals surface area (Å²) in [6, 6.07) is 2.64. The van der Waals surface area contributed by atoms with Crippen molar-refractivity contribution in [2.45, 2.75) is 95.2 Å². The number of amides is 3. The quantitative estimate of drug-likeness (QED) is 0.289. The van der Waals surface area contributed by atoms with E-state index in [1.54, 1.807) is 52.1 Å². The number of likely N-dealkylation sites (N-methyl/N-ethyl adjacent to an activating group) is 1. The molecule has 282 valence electrons. The molecule has 2 fully saturated rings. The number of benzene rings is 1. The van der Waals surface area contributed by atoms with Gasteiger partial charge in [0.05, 0.1) is 25.3 Å². The van der Waals surface area contributed by atoms with Crippen molar-refractivity contribution in [1.82, 2.24) is 10.2 Å². The number of methoxy groups -OCH3 is 2. The molecule has 13 nitrogen and oxygen atoms in total. The normalized spacial score (nSPS) is 31.9. The number of esters is 1. The Hall–Kier alpha value is -3.30. The standard InChI is InChI=1S/C36H50ClN3O10S/c1-20-11-10-12-27(47-8)36(45)19-26(48-34(44)38-36)21(2)32-35(4,50-32)28(49-33(43)22(3)39(5)29(41)13-14-51-9)18-30(42)40(6)24-16-23(15-20)17-25(46-7)31(24)37/h10-12,16-17,21-22,26-28,32,45H,13-15,18-19H2,1-9H3,(H,38,44)/b12-10+,20-11+/t21-,22-,26+,27-,28+,32+,35+,36+/m1/s1. The molecule has 2 N–H and O–H groups in total. The van der Waals surface area contributed by atoms with Gasteiger partial charge in [-0.05, 0) is 51.1 Å². The van der Waals surface area contributed by atoms with Gasteiger partial charge in [0.15, 0.2) is 5.72 Å². The van der Waals surface area contributed by atoms with Gasteiger partial charge in [0.25, 0.3) is 0 Å². The third-order valence-electron chi connectivity index (χ3n) is 10.0. The summed E-state index contributed by atoms with van der Waals surface area (Å²) < 4.78 is 29.1. The number of ether oxygens (including phenoxy) is 5. The van der Waals surface area contributed by atoms with Crippen molar-refractivity contribution in [2.75, 3.05) is 45.2 Å². The van der Waals surface area contributed by atoms with Crippen LogP contribution in [0.2, 0.25) is 5.02 Å². The van der Waals surface area contributed by atoms with Gasteiger partial charge in [0, 0.05) is 45.7 Å². The van der Waals surface area contributed by atoms with Crippen LogP contribution in [-0.2, 0) is 39.8 Å². The Morgan fingerprint density at radius 2 is 1.98 bits per heavy atom. The monoisotopic (exact) mass is 751 g/mol. The first-order chi connectivity index (χ1) is 24.0. The number of halogens is 1. The number of fused-ring (bicyclic) bond motifs is 5. The highest BCUT2D eigenvalue weighted by Gasteiger charge is 2.64. The number of aliphatic hydroxyl groups is 1. The zero-order valence-electron chi connectivity index (χ0n) is 30.7. The molecule has 3 heterocycles. The first-order valence-corrected chi connectivity index (χ1v) is 18.6. The summed E-state index contributed by atoms with van der Waals surface area (Å²) in [6.45, 7) is 7.02. The van der Waals surface area contributed by atoms with Crippen LogP contribution < -0.4 is 15.0 Å². The first-order valence-electron chi connectivity index (χ1n) is 16.8. The lowest BCUT2D eigenvalue weighted by molar-refractivity contribution is -0.161. The number of nitrogens with one attached hydrogen (secondary N) is 1. The van der Waals surface area contributed by atoms with Crippen LogP contribution in [0.4, 0.5) is 10.5 Å². The number of allylic oxidation sites excluding steroid dienone is 3. The van der Waals surface area contributed by atoms with Crippen LogP contribution in [0, 0.1) is 5.92 Å². The molecule has 3 aliphatic rings. The van der Waals surface area contributed by atoms with Gasteiger partial charge in [-0.25, -0.2) is 9.59 Å². The fourth-order valence-electron chi connectivity index (χ4n) is 6.58. The van der Waals surface area contributed by atoms with Crippen LogP contribution >= 0.6 is 23.4 Å². The third kappa shape index (κ3) is 9.02. The van der Waals surface area contributed by atoms with E-state index in [1.807, 2.05) is 19.3 Å². The van der Waals surface area contributed by atoms with Crippen LogP contribution in [0.15, 0.2) is 35.9 Å². The van der Waals surface area contributed by atoms with Crippen LogP contribution in [0.5, 0.6) is 5.75 Å². The Morgan fingerprint density at radius 3 is 2.63 bits per heavy atom. The van der Waals surface area contributed by atoms with Crippen molar-refractivity contribution >= 4 is 52.9 Å². The van der Waals surface area contributed by atoms with E-state index in [1.165, 1.54) is 42.8 Å². The van der Waals surface area contributed by atoms with Gasteiger partial charge >= 0.3 is 12.1 Å². The molecule has 1 aromatic rings. The highest BCUT2D eigenvalue weighted by Crippen LogP contribution is 2.49. The zero-order chi connectivity index (χ0) is 37.8. The predicted molar refractivity (Wildman–Crippen MR) is 194 cm³/mol. The highest BCUT2D eigenvalue weighted by molar-refractivity contribution is 7.98. The van der Waals surface area contributed by atoms with Crippen molar-refractivity contribution in [2.24, 2.45) is 5.92 Å². The van der Waals surface area contributed by atoms with E-state index in [0.29, 0.717) is 23.6 Å². The minimum Gasteiger partial charge on any atom is -0.495 e. The molecule has 3 aliphatic heterocycles. The molecule has 0 unspecified atom stereocenters. The van der Waals surface area contributed by atoms with E-state index in [4.69, 9.17) is 35.3 Å². The van der Waals surface area contributed by atoms with Gasteiger partial charge in [-0.15, -0.1) is 0 Å². The Labute approximate surface area is 308 Å². The molecule has 0 saturated carbocycles. The number of nitrogens with zero attached hydrogens (tertiary/aromatic N) is 2. The van der Waals surface area contributed by atoms with Crippen LogP contribution in [0.3, 0.4) is 0 Å². The number of anilines is 1. The minimum absolute atomic E-state index is 0.0440. The Morgan fingerprint density at radius 1 is 1.27 bits per heavy atom. The molecule has 3 amide bonds. The van der Waals surface area contributed by atoms with E-state index in [0.717, 1.165) is 11.1 Å². The van der Waals surface area contributed by atoms with Gasteiger partial charge in [-0.1, -0.05) is 42.3 Å². The molecule has 0 aliphatic carbocycles. The SMILES string of the molecule is COc1cc2cc(c1Cl)N(C)C(=O)C[C@H](OC(=O)[C@@H](C)N(C)C(=O)CCSC)[C@]1(C)O[C@H]1[C@H](C)[C@@H]1C[C@@](O)(NC(=O)O1)[C@H](OC)/C=C/C=C(\C)C2. The largest absolute Gasteiger partial charge is 0.495 e. The summed E-state index contributed by atoms with van der Waals surface area (Å²) in [5.41, 5.74) is -0.877. The van der Waals surface area contributed by atoms with E-state index in [-0.39, 0.29) is 30.2 Å². The second kappa shape index (κ2) is 16.6. The molecule has 4 rings (SSSR count). The average Bonchev–Trinajstić information content (AvgIpc) is 3.79. The number of rotatable bonds is 8. The molecule has 0 spiro atoms. The van der Waals surface area contributed by atoms with Crippen molar-refractivity contribution in [1.29, 1.82) is 0 Å². The Bertz CT molecular complexity index is 1560. The number of carbonyl (C=O) groups is 4. The zero-order valence-corrected chi connectivity index (χ0v) is 32.3. The highest BCUT2D eigenvalue weighted by atomic mass is 35.5. The maximum absolute atomic E-state index is 14.1.